The Kier molecular flexibility index (Phi) is 6.29. The molecule has 2 N–H and O–H groups in total. The number of aliphatic hydroxyl groups is 1. The van der Waals surface area contributed by atoms with Crippen molar-refractivity contribution in [2.45, 2.75) is 19.5 Å². The molecule has 32 heavy (non-hydrogen) atoms. The van der Waals surface area contributed by atoms with Crippen LogP contribution in [0.1, 0.15) is 18.5 Å². The molecular weight excluding hydrogens is 435 g/mol. The Morgan fingerprint density at radius 3 is 2.78 bits per heavy atom. The first-order chi connectivity index (χ1) is 15.5. The minimum absolute atomic E-state index is 0.0247. The maximum absolute atomic E-state index is 13.9. The van der Waals surface area contributed by atoms with Gasteiger partial charge in [0.1, 0.15) is 5.82 Å². The van der Waals surface area contributed by atoms with E-state index in [9.17, 15) is 14.3 Å². The lowest BCUT2D eigenvalue weighted by Gasteiger charge is -2.18. The quantitative estimate of drug-likeness (QED) is 0.442. The molecule has 3 heterocycles. The van der Waals surface area contributed by atoms with Crippen molar-refractivity contribution in [2.24, 2.45) is 0 Å². The smallest absolute Gasteiger partial charge is 0.251 e. The van der Waals surface area contributed by atoms with Crippen molar-refractivity contribution in [2.75, 3.05) is 11.9 Å². The second-order valence-corrected chi connectivity index (χ2v) is 7.42. The molecule has 3 aromatic heterocycles. The fourth-order valence-electron chi connectivity index (χ4n) is 3.29. The normalized spacial score (nSPS) is 12.0. The molecule has 0 saturated carbocycles. The lowest BCUT2D eigenvalue weighted by atomic mass is 10.1. The highest BCUT2D eigenvalue weighted by Crippen LogP contribution is 2.23. The number of halogens is 2. The molecule has 0 fully saturated rings. The summed E-state index contributed by atoms with van der Waals surface area (Å²) in [7, 11) is 0. The van der Waals surface area contributed by atoms with Gasteiger partial charge in [0.25, 0.3) is 5.56 Å². The molecule has 10 heteroatoms. The average molecular weight is 455 g/mol. The van der Waals surface area contributed by atoms with Gasteiger partial charge in [-0.25, -0.2) is 14.4 Å². The number of aliphatic hydroxyl groups excluding tert-OH is 1. The van der Waals surface area contributed by atoms with Crippen molar-refractivity contribution < 1.29 is 9.50 Å². The van der Waals surface area contributed by atoms with E-state index in [2.05, 4.69) is 20.4 Å². The highest BCUT2D eigenvalue weighted by atomic mass is 35.5. The van der Waals surface area contributed by atoms with Crippen molar-refractivity contribution >= 4 is 23.2 Å². The molecule has 0 aliphatic heterocycles. The van der Waals surface area contributed by atoms with Crippen LogP contribution < -0.4 is 10.9 Å². The Morgan fingerprint density at radius 2 is 2.09 bits per heavy atom. The second-order valence-electron chi connectivity index (χ2n) is 7.01. The van der Waals surface area contributed by atoms with E-state index in [0.717, 1.165) is 12.2 Å². The monoisotopic (exact) mass is 454 g/mol. The van der Waals surface area contributed by atoms with Crippen LogP contribution in [0, 0.1) is 5.82 Å². The molecule has 0 radical (unpaired) electrons. The molecule has 1 atom stereocenters. The van der Waals surface area contributed by atoms with E-state index in [1.807, 2.05) is 13.1 Å². The van der Waals surface area contributed by atoms with Gasteiger partial charge in [-0.2, -0.15) is 5.10 Å². The first-order valence-electron chi connectivity index (χ1n) is 9.89. The Bertz CT molecular complexity index is 1310. The van der Waals surface area contributed by atoms with E-state index in [-0.39, 0.29) is 17.2 Å². The van der Waals surface area contributed by atoms with Crippen LogP contribution in [0.15, 0.2) is 66.0 Å². The largest absolute Gasteiger partial charge is 0.394 e. The zero-order valence-corrected chi connectivity index (χ0v) is 17.9. The van der Waals surface area contributed by atoms with E-state index < -0.39 is 11.9 Å². The summed E-state index contributed by atoms with van der Waals surface area (Å²) in [5.41, 5.74) is 1.95. The molecule has 0 spiro atoms. The number of benzene rings is 1. The highest BCUT2D eigenvalue weighted by molar-refractivity contribution is 6.30. The number of pyridine rings is 1. The van der Waals surface area contributed by atoms with Gasteiger partial charge in [-0.3, -0.25) is 9.48 Å². The number of hydrogen-bond acceptors (Lipinski definition) is 6. The zero-order valence-electron chi connectivity index (χ0n) is 17.1. The van der Waals surface area contributed by atoms with Gasteiger partial charge >= 0.3 is 0 Å². The van der Waals surface area contributed by atoms with Gasteiger partial charge < -0.3 is 15.0 Å². The minimum atomic E-state index is -0.749. The third-order valence-corrected chi connectivity index (χ3v) is 5.26. The van der Waals surface area contributed by atoms with Gasteiger partial charge in [0.15, 0.2) is 0 Å². The van der Waals surface area contributed by atoms with Crippen molar-refractivity contribution in [3.05, 3.63) is 87.9 Å². The van der Waals surface area contributed by atoms with E-state index in [0.29, 0.717) is 22.8 Å². The molecule has 4 rings (SSSR count). The Balaban J connectivity index is 1.61. The van der Waals surface area contributed by atoms with Crippen molar-refractivity contribution in [3.8, 4) is 11.3 Å². The van der Waals surface area contributed by atoms with E-state index in [1.165, 1.54) is 22.8 Å². The Hall–Kier alpha value is -3.56. The van der Waals surface area contributed by atoms with Crippen LogP contribution in [0.5, 0.6) is 0 Å². The molecule has 0 aliphatic carbocycles. The number of nitrogens with zero attached hydrogens (tertiary/aromatic N) is 5. The number of nitrogens with one attached hydrogen (secondary N) is 1. The Labute approximate surface area is 188 Å². The summed E-state index contributed by atoms with van der Waals surface area (Å²) in [6.07, 6.45) is 6.65. The van der Waals surface area contributed by atoms with Gasteiger partial charge in [-0.1, -0.05) is 17.7 Å². The van der Waals surface area contributed by atoms with Crippen molar-refractivity contribution in [1.82, 2.24) is 24.3 Å². The second kappa shape index (κ2) is 9.29. The molecule has 1 unspecified atom stereocenters. The minimum Gasteiger partial charge on any atom is -0.394 e. The first kappa shape index (κ1) is 21.7. The summed E-state index contributed by atoms with van der Waals surface area (Å²) in [6.45, 7) is 2.35. The lowest BCUT2D eigenvalue weighted by Crippen LogP contribution is -2.27. The predicted octanol–water partition coefficient (Wildman–Crippen LogP) is 3.64. The van der Waals surface area contributed by atoms with Crippen LogP contribution >= 0.6 is 11.6 Å². The standard InChI is InChI=1S/C22H20ClFN6O2/c1-2-29-12-16(11-26-29)27-22-25-7-5-19(28-22)14-6-8-30(21(32)10-14)20(13-31)15-3-4-17(23)18(24)9-15/h3-12,20,31H,2,13H2,1H3,(H,25,27,28). The number of hydrogen-bond donors (Lipinski definition) is 2. The maximum Gasteiger partial charge on any atom is 0.251 e. The lowest BCUT2D eigenvalue weighted by molar-refractivity contribution is 0.247. The number of anilines is 2. The Morgan fingerprint density at radius 1 is 1.25 bits per heavy atom. The molecule has 4 aromatic rings. The fraction of sp³-hybridized carbons (Fsp3) is 0.182. The molecule has 0 saturated heterocycles. The van der Waals surface area contributed by atoms with E-state index in [1.54, 1.807) is 41.5 Å². The van der Waals surface area contributed by atoms with E-state index in [4.69, 9.17) is 11.6 Å². The molecule has 0 amide bonds. The molecule has 1 aromatic carbocycles. The number of aryl methyl sites for hydroxylation is 1. The molecule has 0 bridgehead atoms. The van der Waals surface area contributed by atoms with Crippen LogP contribution in [0.4, 0.5) is 16.0 Å². The summed E-state index contributed by atoms with van der Waals surface area (Å²) in [5, 5.41) is 17.1. The highest BCUT2D eigenvalue weighted by Gasteiger charge is 2.16. The maximum atomic E-state index is 13.9. The molecule has 8 nitrogen and oxygen atoms in total. The summed E-state index contributed by atoms with van der Waals surface area (Å²) in [5.74, 6) is -0.245. The molecule has 0 aliphatic rings. The SMILES string of the molecule is CCn1cc(Nc2nccc(-c3ccn(C(CO)c4ccc(Cl)c(F)c4)c(=O)c3)n2)cn1. The van der Waals surface area contributed by atoms with Crippen LogP contribution in [0.3, 0.4) is 0 Å². The summed E-state index contributed by atoms with van der Waals surface area (Å²) in [6, 6.07) is 8.25. The van der Waals surface area contributed by atoms with Gasteiger partial charge in [0, 0.05) is 36.8 Å². The third kappa shape index (κ3) is 4.53. The van der Waals surface area contributed by atoms with Crippen molar-refractivity contribution in [1.29, 1.82) is 0 Å². The third-order valence-electron chi connectivity index (χ3n) is 4.95. The van der Waals surface area contributed by atoms with Crippen LogP contribution in [0.25, 0.3) is 11.3 Å². The fourth-order valence-corrected chi connectivity index (χ4v) is 3.41. The van der Waals surface area contributed by atoms with Gasteiger partial charge in [0.05, 0.1) is 35.2 Å². The van der Waals surface area contributed by atoms with Crippen LogP contribution in [0.2, 0.25) is 5.02 Å². The zero-order chi connectivity index (χ0) is 22.7. The predicted molar refractivity (Wildman–Crippen MR) is 120 cm³/mol. The van der Waals surface area contributed by atoms with Gasteiger partial charge in [0.2, 0.25) is 5.95 Å². The summed E-state index contributed by atoms with van der Waals surface area (Å²) in [4.78, 5) is 21.5. The molecule has 164 valence electrons. The summed E-state index contributed by atoms with van der Waals surface area (Å²) >= 11 is 5.74. The average Bonchev–Trinajstić information content (AvgIpc) is 3.25. The van der Waals surface area contributed by atoms with Gasteiger partial charge in [-0.15, -0.1) is 0 Å². The first-order valence-corrected chi connectivity index (χ1v) is 10.3. The number of rotatable bonds is 7. The summed E-state index contributed by atoms with van der Waals surface area (Å²) < 4.78 is 17.0. The van der Waals surface area contributed by atoms with Crippen LogP contribution in [-0.4, -0.2) is 36.0 Å². The van der Waals surface area contributed by atoms with Crippen molar-refractivity contribution in [3.63, 3.8) is 0 Å². The van der Waals surface area contributed by atoms with E-state index >= 15 is 0 Å². The molecular formula is C22H20ClFN6O2. The van der Waals surface area contributed by atoms with Gasteiger partial charge in [-0.05, 0) is 36.8 Å². The number of aromatic nitrogens is 5. The van der Waals surface area contributed by atoms with Crippen LogP contribution in [-0.2, 0) is 6.54 Å². The topological polar surface area (TPSA) is 97.9 Å².